The van der Waals surface area contributed by atoms with Crippen LogP contribution in [0.1, 0.15) is 18.2 Å². The van der Waals surface area contributed by atoms with Crippen molar-refractivity contribution in [2.24, 2.45) is 0 Å². The molecule has 1 saturated heterocycles. The first-order valence-corrected chi connectivity index (χ1v) is 11.9. The Hall–Kier alpha value is -3.03. The second-order valence-corrected chi connectivity index (χ2v) is 8.80. The Kier molecular flexibility index (Phi) is 7.29. The van der Waals surface area contributed by atoms with Crippen LogP contribution in [0.3, 0.4) is 0 Å². The van der Waals surface area contributed by atoms with Crippen molar-refractivity contribution in [1.29, 1.82) is 0 Å². The van der Waals surface area contributed by atoms with Crippen LogP contribution in [0.25, 0.3) is 10.6 Å². The van der Waals surface area contributed by atoms with E-state index in [9.17, 15) is 9.59 Å². The third kappa shape index (κ3) is 5.81. The number of aryl methyl sites for hydroxylation is 1. The minimum atomic E-state index is -0.0297. The van der Waals surface area contributed by atoms with Crippen molar-refractivity contribution < 1.29 is 9.59 Å². The van der Waals surface area contributed by atoms with Crippen molar-refractivity contribution in [2.75, 3.05) is 38.0 Å². The molecule has 0 bridgehead atoms. The largest absolute Gasteiger partial charge is 0.340 e. The molecule has 1 aliphatic rings. The van der Waals surface area contributed by atoms with Gasteiger partial charge in [0.25, 0.3) is 0 Å². The van der Waals surface area contributed by atoms with Gasteiger partial charge < -0.3 is 10.2 Å². The van der Waals surface area contributed by atoms with E-state index in [-0.39, 0.29) is 11.8 Å². The molecule has 0 atom stereocenters. The zero-order chi connectivity index (χ0) is 22.3. The Morgan fingerprint density at radius 2 is 1.72 bits per heavy atom. The molecule has 0 unspecified atom stereocenters. The molecule has 1 fully saturated rings. The zero-order valence-corrected chi connectivity index (χ0v) is 19.1. The lowest BCUT2D eigenvalue weighted by Gasteiger charge is -2.34. The molecule has 0 aliphatic carbocycles. The van der Waals surface area contributed by atoms with Crippen LogP contribution in [-0.2, 0) is 22.4 Å². The lowest BCUT2D eigenvalue weighted by Crippen LogP contribution is -2.50. The average molecular weight is 449 g/mol. The Bertz CT molecular complexity index is 1040. The lowest BCUT2D eigenvalue weighted by molar-refractivity contribution is -0.132. The smallest absolute Gasteiger partial charge is 0.238 e. The molecule has 4 rings (SSSR count). The minimum Gasteiger partial charge on any atom is -0.340 e. The van der Waals surface area contributed by atoms with Crippen molar-refractivity contribution in [3.63, 3.8) is 0 Å². The molecule has 2 amide bonds. The molecule has 7 heteroatoms. The van der Waals surface area contributed by atoms with E-state index >= 15 is 0 Å². The number of aromatic nitrogens is 1. The van der Waals surface area contributed by atoms with E-state index in [1.54, 1.807) is 11.3 Å². The number of nitrogens with zero attached hydrogens (tertiary/aromatic N) is 3. The van der Waals surface area contributed by atoms with Crippen molar-refractivity contribution in [3.8, 4) is 10.6 Å². The summed E-state index contributed by atoms with van der Waals surface area (Å²) in [7, 11) is 0. The lowest BCUT2D eigenvalue weighted by atomic mass is 10.1. The van der Waals surface area contributed by atoms with Gasteiger partial charge in [0.2, 0.25) is 11.8 Å². The van der Waals surface area contributed by atoms with Crippen molar-refractivity contribution >= 4 is 28.8 Å². The normalized spacial score (nSPS) is 14.3. The van der Waals surface area contributed by atoms with Gasteiger partial charge in [-0.1, -0.05) is 49.4 Å². The number of benzene rings is 2. The van der Waals surface area contributed by atoms with Gasteiger partial charge >= 0.3 is 0 Å². The molecular formula is C25H28N4O2S. The number of anilines is 1. The quantitative estimate of drug-likeness (QED) is 0.599. The molecule has 3 aromatic rings. The maximum absolute atomic E-state index is 12.8. The van der Waals surface area contributed by atoms with Crippen LogP contribution in [0, 0.1) is 0 Å². The number of carbonyl (C=O) groups is 2. The zero-order valence-electron chi connectivity index (χ0n) is 18.3. The SMILES string of the molecule is CCc1ccc(-c2nc(CC(=O)N3CCN(CC(=O)Nc4ccccc4)CC3)cs2)cc1. The number of hydrogen-bond donors (Lipinski definition) is 1. The van der Waals surface area contributed by atoms with E-state index in [1.165, 1.54) is 5.56 Å². The summed E-state index contributed by atoms with van der Waals surface area (Å²) in [5, 5.41) is 5.84. The van der Waals surface area contributed by atoms with Crippen LogP contribution in [-0.4, -0.2) is 59.3 Å². The minimum absolute atomic E-state index is 0.0297. The maximum atomic E-state index is 12.8. The Morgan fingerprint density at radius 3 is 2.41 bits per heavy atom. The highest BCUT2D eigenvalue weighted by molar-refractivity contribution is 7.13. The third-order valence-electron chi connectivity index (χ3n) is 5.64. The standard InChI is InChI=1S/C25H28N4O2S/c1-2-19-8-10-20(11-9-19)25-27-22(18-32-25)16-24(31)29-14-12-28(13-15-29)17-23(30)26-21-6-4-3-5-7-21/h3-11,18H,2,12-17H2,1H3,(H,26,30). The Morgan fingerprint density at radius 1 is 1.00 bits per heavy atom. The first-order valence-electron chi connectivity index (χ1n) is 11.0. The number of carbonyl (C=O) groups excluding carboxylic acids is 2. The van der Waals surface area contributed by atoms with Gasteiger partial charge in [-0.15, -0.1) is 11.3 Å². The number of piperazine rings is 1. The van der Waals surface area contributed by atoms with E-state index < -0.39 is 0 Å². The summed E-state index contributed by atoms with van der Waals surface area (Å²) in [6, 6.07) is 17.9. The fourth-order valence-electron chi connectivity index (χ4n) is 3.75. The Labute approximate surface area is 192 Å². The predicted octanol–water partition coefficient (Wildman–Crippen LogP) is 3.70. The fraction of sp³-hybridized carbons (Fsp3) is 0.320. The van der Waals surface area contributed by atoms with Crippen molar-refractivity contribution in [2.45, 2.75) is 19.8 Å². The molecule has 6 nitrogen and oxygen atoms in total. The summed E-state index contributed by atoms with van der Waals surface area (Å²) in [5.74, 6) is 0.0644. The van der Waals surface area contributed by atoms with Crippen LogP contribution < -0.4 is 5.32 Å². The maximum Gasteiger partial charge on any atom is 0.238 e. The van der Waals surface area contributed by atoms with Gasteiger partial charge in [-0.3, -0.25) is 14.5 Å². The van der Waals surface area contributed by atoms with Crippen LogP contribution in [0.15, 0.2) is 60.0 Å². The van der Waals surface area contributed by atoms with Crippen molar-refractivity contribution in [1.82, 2.24) is 14.8 Å². The number of amides is 2. The monoisotopic (exact) mass is 448 g/mol. The molecule has 0 saturated carbocycles. The summed E-state index contributed by atoms with van der Waals surface area (Å²) >= 11 is 1.58. The van der Waals surface area contributed by atoms with Gasteiger partial charge in [-0.25, -0.2) is 4.98 Å². The first-order chi connectivity index (χ1) is 15.6. The molecule has 32 heavy (non-hydrogen) atoms. The number of hydrogen-bond acceptors (Lipinski definition) is 5. The molecule has 166 valence electrons. The fourth-order valence-corrected chi connectivity index (χ4v) is 4.58. The summed E-state index contributed by atoms with van der Waals surface area (Å²) in [6.07, 6.45) is 1.33. The van der Waals surface area contributed by atoms with Crippen LogP contribution >= 0.6 is 11.3 Å². The number of rotatable bonds is 7. The van der Waals surface area contributed by atoms with Gasteiger partial charge in [0.05, 0.1) is 18.7 Å². The molecule has 2 heterocycles. The van der Waals surface area contributed by atoms with Crippen LogP contribution in [0.2, 0.25) is 0 Å². The summed E-state index contributed by atoms with van der Waals surface area (Å²) in [6.45, 7) is 5.13. The van der Waals surface area contributed by atoms with Crippen LogP contribution in [0.5, 0.6) is 0 Å². The van der Waals surface area contributed by atoms with Gasteiger partial charge in [0.15, 0.2) is 0 Å². The average Bonchev–Trinajstić information content (AvgIpc) is 3.28. The molecule has 1 aromatic heterocycles. The summed E-state index contributed by atoms with van der Waals surface area (Å²) in [5.41, 5.74) is 4.01. The second-order valence-electron chi connectivity index (χ2n) is 7.94. The molecular weight excluding hydrogens is 420 g/mol. The molecule has 1 aliphatic heterocycles. The van der Waals surface area contributed by atoms with E-state index in [4.69, 9.17) is 0 Å². The highest BCUT2D eigenvalue weighted by atomic mass is 32.1. The predicted molar refractivity (Wildman–Crippen MR) is 129 cm³/mol. The molecule has 0 radical (unpaired) electrons. The molecule has 2 aromatic carbocycles. The number of nitrogens with one attached hydrogen (secondary N) is 1. The van der Waals surface area contributed by atoms with Gasteiger partial charge in [0.1, 0.15) is 5.01 Å². The van der Waals surface area contributed by atoms with E-state index in [2.05, 4.69) is 46.4 Å². The highest BCUT2D eigenvalue weighted by Gasteiger charge is 2.23. The van der Waals surface area contributed by atoms with Gasteiger partial charge in [-0.05, 0) is 24.1 Å². The van der Waals surface area contributed by atoms with Gasteiger partial charge in [0, 0.05) is 42.8 Å². The second kappa shape index (κ2) is 10.5. The highest BCUT2D eigenvalue weighted by Crippen LogP contribution is 2.24. The summed E-state index contributed by atoms with van der Waals surface area (Å²) in [4.78, 5) is 33.6. The van der Waals surface area contributed by atoms with E-state index in [0.29, 0.717) is 39.1 Å². The van der Waals surface area contributed by atoms with Crippen molar-refractivity contribution in [3.05, 3.63) is 71.2 Å². The Balaban J connectivity index is 1.24. The molecule has 0 spiro atoms. The first kappa shape index (κ1) is 22.2. The molecule has 1 N–H and O–H groups in total. The number of para-hydroxylation sites is 1. The van der Waals surface area contributed by atoms with E-state index in [0.717, 1.165) is 28.4 Å². The van der Waals surface area contributed by atoms with E-state index in [1.807, 2.05) is 40.6 Å². The number of thiazole rings is 1. The van der Waals surface area contributed by atoms with Crippen LogP contribution in [0.4, 0.5) is 5.69 Å². The third-order valence-corrected chi connectivity index (χ3v) is 6.58. The summed E-state index contributed by atoms with van der Waals surface area (Å²) < 4.78 is 0. The topological polar surface area (TPSA) is 65.5 Å². The van der Waals surface area contributed by atoms with Gasteiger partial charge in [-0.2, -0.15) is 0 Å².